The van der Waals surface area contributed by atoms with Gasteiger partial charge in [0.15, 0.2) is 0 Å². The van der Waals surface area contributed by atoms with Gasteiger partial charge in [-0.25, -0.2) is 0 Å². The fourth-order valence-electron chi connectivity index (χ4n) is 2.30. The highest BCUT2D eigenvalue weighted by molar-refractivity contribution is 5.09. The predicted molar refractivity (Wildman–Crippen MR) is 64.2 cm³/mol. The molecule has 0 aromatic carbocycles. The quantitative estimate of drug-likeness (QED) is 0.808. The van der Waals surface area contributed by atoms with E-state index in [1.807, 2.05) is 24.5 Å². The monoisotopic (exact) mass is 220 g/mol. The summed E-state index contributed by atoms with van der Waals surface area (Å²) >= 11 is 0. The summed E-state index contributed by atoms with van der Waals surface area (Å²) < 4.78 is 0. The van der Waals surface area contributed by atoms with Crippen LogP contribution in [0, 0.1) is 0 Å². The Kier molecular flexibility index (Phi) is 4.31. The number of rotatable bonds is 4. The third-order valence-corrected chi connectivity index (χ3v) is 3.30. The summed E-state index contributed by atoms with van der Waals surface area (Å²) in [4.78, 5) is 3.99. The van der Waals surface area contributed by atoms with E-state index in [-0.39, 0.29) is 6.10 Å². The van der Waals surface area contributed by atoms with E-state index in [0.717, 1.165) is 25.8 Å². The van der Waals surface area contributed by atoms with Gasteiger partial charge in [-0.15, -0.1) is 0 Å². The molecule has 1 aromatic rings. The van der Waals surface area contributed by atoms with E-state index in [2.05, 4.69) is 10.3 Å². The largest absolute Gasteiger partial charge is 0.392 e. The van der Waals surface area contributed by atoms with E-state index in [0.29, 0.717) is 6.04 Å². The van der Waals surface area contributed by atoms with Gasteiger partial charge in [0.25, 0.3) is 0 Å². The van der Waals surface area contributed by atoms with Crippen LogP contribution >= 0.6 is 0 Å². The molecule has 3 heteroatoms. The lowest BCUT2D eigenvalue weighted by atomic mass is 9.92. The van der Waals surface area contributed by atoms with E-state index in [1.165, 1.54) is 18.4 Å². The summed E-state index contributed by atoms with van der Waals surface area (Å²) in [5.41, 5.74) is 1.30. The first kappa shape index (κ1) is 11.6. The third kappa shape index (κ3) is 3.29. The molecule has 0 bridgehead atoms. The number of pyridine rings is 1. The van der Waals surface area contributed by atoms with Crippen molar-refractivity contribution in [2.24, 2.45) is 0 Å². The molecule has 0 spiro atoms. The molecule has 88 valence electrons. The zero-order valence-corrected chi connectivity index (χ0v) is 9.60. The molecule has 2 unspecified atom stereocenters. The van der Waals surface area contributed by atoms with Crippen molar-refractivity contribution in [1.82, 2.24) is 10.3 Å². The number of hydrogen-bond donors (Lipinski definition) is 2. The molecule has 1 aromatic heterocycles. The molecule has 1 aliphatic carbocycles. The topological polar surface area (TPSA) is 45.1 Å². The number of nitrogens with zero attached hydrogens (tertiary/aromatic N) is 1. The highest BCUT2D eigenvalue weighted by atomic mass is 16.3. The fraction of sp³-hybridized carbons (Fsp3) is 0.615. The van der Waals surface area contributed by atoms with Crippen LogP contribution in [0.5, 0.6) is 0 Å². The maximum absolute atomic E-state index is 9.79. The highest BCUT2D eigenvalue weighted by Crippen LogP contribution is 2.18. The van der Waals surface area contributed by atoms with Crippen LogP contribution in [0.1, 0.15) is 31.2 Å². The van der Waals surface area contributed by atoms with Crippen LogP contribution in [-0.2, 0) is 6.42 Å². The summed E-state index contributed by atoms with van der Waals surface area (Å²) in [7, 11) is 0. The Morgan fingerprint density at radius 1 is 1.25 bits per heavy atom. The van der Waals surface area contributed by atoms with Crippen molar-refractivity contribution in [2.75, 3.05) is 6.54 Å². The molecule has 1 heterocycles. The number of aromatic nitrogens is 1. The van der Waals surface area contributed by atoms with Gasteiger partial charge in [0, 0.05) is 18.4 Å². The van der Waals surface area contributed by atoms with Gasteiger partial charge in [-0.05, 0) is 43.5 Å². The molecule has 0 radical (unpaired) electrons. The van der Waals surface area contributed by atoms with Crippen LogP contribution in [-0.4, -0.2) is 28.8 Å². The lowest BCUT2D eigenvalue weighted by Gasteiger charge is -2.28. The molecule has 0 saturated heterocycles. The van der Waals surface area contributed by atoms with Gasteiger partial charge in [-0.3, -0.25) is 4.98 Å². The Hall–Kier alpha value is -0.930. The summed E-state index contributed by atoms with van der Waals surface area (Å²) in [6.07, 6.45) is 8.98. The normalized spacial score (nSPS) is 25.6. The average Bonchev–Trinajstić information content (AvgIpc) is 2.33. The van der Waals surface area contributed by atoms with E-state index in [1.54, 1.807) is 0 Å². The lowest BCUT2D eigenvalue weighted by Crippen LogP contribution is -2.42. The molecular weight excluding hydrogens is 200 g/mol. The number of aliphatic hydroxyl groups excluding tert-OH is 1. The molecule has 3 nitrogen and oxygen atoms in total. The Morgan fingerprint density at radius 2 is 2.00 bits per heavy atom. The van der Waals surface area contributed by atoms with Gasteiger partial charge in [0.2, 0.25) is 0 Å². The molecule has 2 rings (SSSR count). The van der Waals surface area contributed by atoms with Crippen molar-refractivity contribution in [3.8, 4) is 0 Å². The standard InChI is InChI=1S/C13H20N2O/c16-13-4-2-1-3-12(13)15-10-7-11-5-8-14-9-6-11/h5-6,8-9,12-13,15-16H,1-4,7,10H2. The first-order chi connectivity index (χ1) is 7.86. The molecule has 1 fully saturated rings. The highest BCUT2D eigenvalue weighted by Gasteiger charge is 2.21. The SMILES string of the molecule is OC1CCCCC1NCCc1ccncc1. The number of nitrogens with one attached hydrogen (secondary N) is 1. The first-order valence-corrected chi connectivity index (χ1v) is 6.16. The Morgan fingerprint density at radius 3 is 2.75 bits per heavy atom. The number of hydrogen-bond acceptors (Lipinski definition) is 3. The Balaban J connectivity index is 1.71. The second-order valence-corrected chi connectivity index (χ2v) is 4.52. The molecule has 2 N–H and O–H groups in total. The van der Waals surface area contributed by atoms with E-state index < -0.39 is 0 Å². The smallest absolute Gasteiger partial charge is 0.0693 e. The zero-order valence-electron chi connectivity index (χ0n) is 9.60. The summed E-state index contributed by atoms with van der Waals surface area (Å²) in [6.45, 7) is 0.936. The van der Waals surface area contributed by atoms with Crippen molar-refractivity contribution in [3.05, 3.63) is 30.1 Å². The molecule has 0 aliphatic heterocycles. The van der Waals surface area contributed by atoms with Crippen LogP contribution < -0.4 is 5.32 Å². The van der Waals surface area contributed by atoms with Crippen LogP contribution in [0.3, 0.4) is 0 Å². The summed E-state index contributed by atoms with van der Waals surface area (Å²) in [5, 5.41) is 13.2. The summed E-state index contributed by atoms with van der Waals surface area (Å²) in [6, 6.07) is 4.38. The van der Waals surface area contributed by atoms with Crippen LogP contribution in [0.4, 0.5) is 0 Å². The van der Waals surface area contributed by atoms with Gasteiger partial charge in [0.1, 0.15) is 0 Å². The molecule has 1 saturated carbocycles. The number of aliphatic hydroxyl groups is 1. The Labute approximate surface area is 96.9 Å². The zero-order chi connectivity index (χ0) is 11.2. The molecule has 2 atom stereocenters. The van der Waals surface area contributed by atoms with Crippen LogP contribution in [0.15, 0.2) is 24.5 Å². The van der Waals surface area contributed by atoms with E-state index >= 15 is 0 Å². The summed E-state index contributed by atoms with van der Waals surface area (Å²) in [5.74, 6) is 0. The van der Waals surface area contributed by atoms with Crippen molar-refractivity contribution in [2.45, 2.75) is 44.2 Å². The predicted octanol–water partition coefficient (Wildman–Crippen LogP) is 1.52. The minimum atomic E-state index is -0.147. The molecule has 1 aliphatic rings. The van der Waals surface area contributed by atoms with Crippen LogP contribution in [0.25, 0.3) is 0 Å². The maximum Gasteiger partial charge on any atom is 0.0693 e. The molecule has 16 heavy (non-hydrogen) atoms. The van der Waals surface area contributed by atoms with E-state index in [9.17, 15) is 5.11 Å². The second-order valence-electron chi connectivity index (χ2n) is 4.52. The van der Waals surface area contributed by atoms with Crippen molar-refractivity contribution in [3.63, 3.8) is 0 Å². The minimum absolute atomic E-state index is 0.147. The fourth-order valence-corrected chi connectivity index (χ4v) is 2.30. The molecule has 0 amide bonds. The second kappa shape index (κ2) is 5.97. The average molecular weight is 220 g/mol. The van der Waals surface area contributed by atoms with Crippen molar-refractivity contribution >= 4 is 0 Å². The van der Waals surface area contributed by atoms with Gasteiger partial charge in [-0.2, -0.15) is 0 Å². The van der Waals surface area contributed by atoms with Crippen LogP contribution in [0.2, 0.25) is 0 Å². The van der Waals surface area contributed by atoms with Crippen molar-refractivity contribution < 1.29 is 5.11 Å². The van der Waals surface area contributed by atoms with Crippen molar-refractivity contribution in [1.29, 1.82) is 0 Å². The van der Waals surface area contributed by atoms with Gasteiger partial charge in [0.05, 0.1) is 6.10 Å². The van der Waals surface area contributed by atoms with Gasteiger partial charge < -0.3 is 10.4 Å². The lowest BCUT2D eigenvalue weighted by molar-refractivity contribution is 0.0914. The molecular formula is C13H20N2O. The first-order valence-electron chi connectivity index (χ1n) is 6.16. The maximum atomic E-state index is 9.79. The van der Waals surface area contributed by atoms with Gasteiger partial charge in [-0.1, -0.05) is 12.8 Å². The van der Waals surface area contributed by atoms with Gasteiger partial charge >= 0.3 is 0 Å². The van der Waals surface area contributed by atoms with E-state index in [4.69, 9.17) is 0 Å². The third-order valence-electron chi connectivity index (χ3n) is 3.30. The minimum Gasteiger partial charge on any atom is -0.392 e. The Bertz CT molecular complexity index is 302.